The third-order valence-electron chi connectivity index (χ3n) is 5.84. The fourth-order valence-electron chi connectivity index (χ4n) is 4.24. The van der Waals surface area contributed by atoms with Gasteiger partial charge in [-0.05, 0) is 60.9 Å². The van der Waals surface area contributed by atoms with Crippen molar-refractivity contribution in [3.05, 3.63) is 58.7 Å². The number of nitrogens with zero attached hydrogens (tertiary/aromatic N) is 1. The topological polar surface area (TPSA) is 51.1 Å². The van der Waals surface area contributed by atoms with Crippen LogP contribution in [0, 0.1) is 12.3 Å². The van der Waals surface area contributed by atoms with Crippen LogP contribution in [0.5, 0.6) is 0 Å². The first-order valence-corrected chi connectivity index (χ1v) is 12.8. The van der Waals surface area contributed by atoms with E-state index in [0.29, 0.717) is 0 Å². The van der Waals surface area contributed by atoms with Gasteiger partial charge in [0.1, 0.15) is 0 Å². The summed E-state index contributed by atoms with van der Waals surface area (Å²) >= 11 is 6.54. The summed E-state index contributed by atoms with van der Waals surface area (Å²) in [7, 11) is -3.27. The van der Waals surface area contributed by atoms with Crippen molar-refractivity contribution in [2.45, 2.75) is 65.3 Å². The Morgan fingerprint density at radius 3 is 2.52 bits per heavy atom. The zero-order valence-corrected chi connectivity index (χ0v) is 20.4. The van der Waals surface area contributed by atoms with Crippen LogP contribution in [0.4, 0.5) is 0 Å². The Bertz CT molecular complexity index is 1210. The lowest BCUT2D eigenvalue weighted by Crippen LogP contribution is -2.29. The van der Waals surface area contributed by atoms with Crippen LogP contribution in [-0.2, 0) is 16.6 Å². The van der Waals surface area contributed by atoms with Crippen LogP contribution < -0.4 is 4.72 Å². The fraction of sp³-hybridized carbons (Fsp3) is 0.440. The van der Waals surface area contributed by atoms with Gasteiger partial charge in [-0.3, -0.25) is 0 Å². The van der Waals surface area contributed by atoms with E-state index in [9.17, 15) is 8.42 Å². The lowest BCUT2D eigenvalue weighted by atomic mass is 9.96. The van der Waals surface area contributed by atoms with Gasteiger partial charge in [-0.15, -0.1) is 0 Å². The van der Waals surface area contributed by atoms with Crippen molar-refractivity contribution in [3.63, 3.8) is 0 Å². The molecule has 1 heterocycles. The quantitative estimate of drug-likeness (QED) is 0.460. The molecule has 0 unspecified atom stereocenters. The molecule has 1 aliphatic carbocycles. The van der Waals surface area contributed by atoms with Crippen molar-refractivity contribution in [2.24, 2.45) is 5.41 Å². The van der Waals surface area contributed by atoms with E-state index in [0.717, 1.165) is 57.6 Å². The average Bonchev–Trinajstić information content (AvgIpc) is 3.45. The SMILES string of the molecule is Cc1cccc(Cl)c1-c1ccc2c([C@@H](C)NS(=O)(=O)C3CC3)cn(CC(C)(C)C)c2c1. The van der Waals surface area contributed by atoms with Crippen molar-refractivity contribution >= 4 is 32.5 Å². The lowest BCUT2D eigenvalue weighted by molar-refractivity contribution is 0.349. The third kappa shape index (κ3) is 4.69. The second-order valence-electron chi connectivity index (χ2n) is 10.0. The van der Waals surface area contributed by atoms with Gasteiger partial charge in [0.05, 0.1) is 5.25 Å². The molecule has 0 aliphatic heterocycles. The monoisotopic (exact) mass is 458 g/mol. The molecule has 0 saturated heterocycles. The Morgan fingerprint density at radius 1 is 1.19 bits per heavy atom. The van der Waals surface area contributed by atoms with Gasteiger partial charge in [0.15, 0.2) is 0 Å². The molecule has 1 aromatic heterocycles. The Labute approximate surface area is 190 Å². The normalized spacial score (nSPS) is 16.1. The highest BCUT2D eigenvalue weighted by atomic mass is 35.5. The van der Waals surface area contributed by atoms with Gasteiger partial charge in [-0.1, -0.05) is 56.6 Å². The molecule has 0 spiro atoms. The van der Waals surface area contributed by atoms with Gasteiger partial charge in [0, 0.05) is 40.3 Å². The molecular formula is C25H31ClN2O2S. The number of halogens is 1. The summed E-state index contributed by atoms with van der Waals surface area (Å²) in [5.74, 6) is 0. The maximum Gasteiger partial charge on any atom is 0.215 e. The minimum absolute atomic E-state index is 0.0797. The van der Waals surface area contributed by atoms with Crippen LogP contribution in [0.1, 0.15) is 57.7 Å². The number of aromatic nitrogens is 1. The summed E-state index contributed by atoms with van der Waals surface area (Å²) in [5.41, 5.74) is 5.42. The zero-order chi connectivity index (χ0) is 22.6. The van der Waals surface area contributed by atoms with Crippen LogP contribution in [0.2, 0.25) is 5.02 Å². The molecular weight excluding hydrogens is 428 g/mol. The molecule has 1 N–H and O–H groups in total. The minimum atomic E-state index is -3.27. The molecule has 1 atom stereocenters. The molecule has 2 aromatic carbocycles. The molecule has 4 nitrogen and oxygen atoms in total. The van der Waals surface area contributed by atoms with E-state index in [-0.39, 0.29) is 16.7 Å². The van der Waals surface area contributed by atoms with Crippen LogP contribution in [-0.4, -0.2) is 18.2 Å². The van der Waals surface area contributed by atoms with Crippen molar-refractivity contribution in [2.75, 3.05) is 0 Å². The third-order valence-corrected chi connectivity index (χ3v) is 8.19. The number of rotatable bonds is 6. The summed E-state index contributed by atoms with van der Waals surface area (Å²) in [4.78, 5) is 0. The number of benzene rings is 2. The molecule has 0 bridgehead atoms. The summed E-state index contributed by atoms with van der Waals surface area (Å²) in [5, 5.41) is 1.58. The van der Waals surface area contributed by atoms with Gasteiger partial charge in [0.25, 0.3) is 0 Å². The van der Waals surface area contributed by atoms with Crippen molar-refractivity contribution in [1.29, 1.82) is 0 Å². The standard InChI is InChI=1S/C25H31ClN2O2S/c1-16-7-6-8-22(26)24(16)18-9-12-20-21(17(2)27-31(29,30)19-10-11-19)14-28(23(20)13-18)15-25(3,4)5/h6-9,12-14,17,19,27H,10-11,15H2,1-5H3/t17-/m1/s1. The Balaban J connectivity index is 1.83. The largest absolute Gasteiger partial charge is 0.347 e. The van der Waals surface area contributed by atoms with E-state index < -0.39 is 10.0 Å². The highest BCUT2D eigenvalue weighted by Gasteiger charge is 2.37. The van der Waals surface area contributed by atoms with Crippen LogP contribution in [0.25, 0.3) is 22.0 Å². The highest BCUT2D eigenvalue weighted by Crippen LogP contribution is 2.37. The van der Waals surface area contributed by atoms with E-state index >= 15 is 0 Å². The molecule has 6 heteroatoms. The first-order valence-electron chi connectivity index (χ1n) is 10.9. The fourth-order valence-corrected chi connectivity index (χ4v) is 6.14. The van der Waals surface area contributed by atoms with Crippen LogP contribution >= 0.6 is 11.6 Å². The van der Waals surface area contributed by atoms with Crippen LogP contribution in [0.15, 0.2) is 42.6 Å². The molecule has 0 amide bonds. The molecule has 1 fully saturated rings. The lowest BCUT2D eigenvalue weighted by Gasteiger charge is -2.20. The summed E-state index contributed by atoms with van der Waals surface area (Å²) in [6.45, 7) is 11.5. The highest BCUT2D eigenvalue weighted by molar-refractivity contribution is 7.90. The molecule has 31 heavy (non-hydrogen) atoms. The number of fused-ring (bicyclic) bond motifs is 1. The van der Waals surface area contributed by atoms with E-state index in [2.05, 4.69) is 67.4 Å². The summed E-state index contributed by atoms with van der Waals surface area (Å²) in [6, 6.07) is 12.0. The van der Waals surface area contributed by atoms with Crippen molar-refractivity contribution in [1.82, 2.24) is 9.29 Å². The first-order chi connectivity index (χ1) is 14.5. The number of hydrogen-bond acceptors (Lipinski definition) is 2. The predicted octanol–water partition coefficient (Wildman–Crippen LogP) is 6.46. The van der Waals surface area contributed by atoms with Gasteiger partial charge >= 0.3 is 0 Å². The second-order valence-corrected chi connectivity index (χ2v) is 12.4. The number of hydrogen-bond donors (Lipinski definition) is 1. The minimum Gasteiger partial charge on any atom is -0.347 e. The maximum absolute atomic E-state index is 12.5. The van der Waals surface area contributed by atoms with Crippen LogP contribution in [0.3, 0.4) is 0 Å². The smallest absolute Gasteiger partial charge is 0.215 e. The van der Waals surface area contributed by atoms with Crippen molar-refractivity contribution in [3.8, 4) is 11.1 Å². The molecule has 166 valence electrons. The molecule has 3 aromatic rings. The average molecular weight is 459 g/mol. The second kappa shape index (κ2) is 7.95. The molecule has 4 rings (SSSR count). The number of nitrogens with one attached hydrogen (secondary N) is 1. The van der Waals surface area contributed by atoms with Gasteiger partial charge in [-0.2, -0.15) is 0 Å². The molecule has 0 radical (unpaired) electrons. The summed E-state index contributed by atoms with van der Waals surface area (Å²) in [6.07, 6.45) is 3.63. The van der Waals surface area contributed by atoms with Gasteiger partial charge < -0.3 is 4.57 Å². The number of aryl methyl sites for hydroxylation is 1. The first kappa shape index (κ1) is 22.4. The van der Waals surface area contributed by atoms with Gasteiger partial charge in [0.2, 0.25) is 10.0 Å². The molecule has 1 aliphatic rings. The van der Waals surface area contributed by atoms with Gasteiger partial charge in [-0.25, -0.2) is 13.1 Å². The Kier molecular flexibility index (Phi) is 5.74. The number of sulfonamides is 1. The Hall–Kier alpha value is -1.82. The van der Waals surface area contributed by atoms with E-state index in [1.54, 1.807) is 0 Å². The van der Waals surface area contributed by atoms with E-state index in [1.165, 1.54) is 0 Å². The predicted molar refractivity (Wildman–Crippen MR) is 130 cm³/mol. The van der Waals surface area contributed by atoms with Crippen molar-refractivity contribution < 1.29 is 8.42 Å². The van der Waals surface area contributed by atoms with E-state index in [4.69, 9.17) is 11.6 Å². The summed E-state index contributed by atoms with van der Waals surface area (Å²) < 4.78 is 30.2. The zero-order valence-electron chi connectivity index (χ0n) is 18.9. The molecule has 1 saturated carbocycles. The maximum atomic E-state index is 12.5. The Morgan fingerprint density at radius 2 is 1.90 bits per heavy atom. The van der Waals surface area contributed by atoms with E-state index in [1.807, 2.05) is 19.1 Å².